The molecule has 3 N–H and O–H groups in total. The van der Waals surface area contributed by atoms with E-state index in [0.717, 1.165) is 17.0 Å². The van der Waals surface area contributed by atoms with Crippen LogP contribution < -0.4 is 5.73 Å². The molecule has 4 heteroatoms. The van der Waals surface area contributed by atoms with Crippen molar-refractivity contribution in [1.82, 2.24) is 10.2 Å². The van der Waals surface area contributed by atoms with Crippen LogP contribution in [0.5, 0.6) is 0 Å². The number of hydrogen-bond acceptors (Lipinski definition) is 2. The van der Waals surface area contributed by atoms with Gasteiger partial charge in [0.25, 0.3) is 0 Å². The zero-order valence-electron chi connectivity index (χ0n) is 6.64. The van der Waals surface area contributed by atoms with E-state index in [1.165, 1.54) is 0 Å². The van der Waals surface area contributed by atoms with E-state index in [9.17, 15) is 4.79 Å². The van der Waals surface area contributed by atoms with E-state index >= 15 is 0 Å². The van der Waals surface area contributed by atoms with Crippen molar-refractivity contribution in [2.75, 3.05) is 0 Å². The van der Waals surface area contributed by atoms with Crippen molar-refractivity contribution in [3.8, 4) is 0 Å². The van der Waals surface area contributed by atoms with Crippen LogP contribution in [0.15, 0.2) is 0 Å². The molecule has 1 heterocycles. The molecule has 0 fully saturated rings. The zero-order chi connectivity index (χ0) is 8.43. The standard InChI is InChI=1S/C7H11N3O/c1-4-5(2)9-10-6(4)3-7(8)11/h3H2,1-2H3,(H2,8,11)(H,9,10). The Labute approximate surface area is 64.8 Å². The van der Waals surface area contributed by atoms with Crippen LogP contribution >= 0.6 is 0 Å². The van der Waals surface area contributed by atoms with Crippen molar-refractivity contribution in [2.45, 2.75) is 20.3 Å². The molecule has 0 aromatic carbocycles. The molecule has 0 atom stereocenters. The smallest absolute Gasteiger partial charge is 0.223 e. The Kier molecular flexibility index (Phi) is 1.94. The normalized spacial score (nSPS) is 10.0. The fraction of sp³-hybridized carbons (Fsp3) is 0.429. The summed E-state index contributed by atoms with van der Waals surface area (Å²) in [5, 5.41) is 6.71. The second kappa shape index (κ2) is 2.74. The van der Waals surface area contributed by atoms with Gasteiger partial charge in [0.15, 0.2) is 0 Å². The molecule has 1 rings (SSSR count). The molecule has 0 aliphatic rings. The highest BCUT2D eigenvalue weighted by Gasteiger charge is 2.07. The lowest BCUT2D eigenvalue weighted by Crippen LogP contribution is -2.14. The molecular weight excluding hydrogens is 142 g/mol. The molecule has 0 radical (unpaired) electrons. The SMILES string of the molecule is Cc1[nH]nc(CC(N)=O)c1C. The summed E-state index contributed by atoms with van der Waals surface area (Å²) in [7, 11) is 0. The number of carbonyl (C=O) groups is 1. The summed E-state index contributed by atoms with van der Waals surface area (Å²) >= 11 is 0. The number of rotatable bonds is 2. The van der Waals surface area contributed by atoms with Gasteiger partial charge in [0.1, 0.15) is 0 Å². The van der Waals surface area contributed by atoms with E-state index in [0.29, 0.717) is 0 Å². The molecule has 0 saturated carbocycles. The molecule has 0 bridgehead atoms. The van der Waals surface area contributed by atoms with Gasteiger partial charge in [0, 0.05) is 5.69 Å². The summed E-state index contributed by atoms with van der Waals surface area (Å²) in [6.07, 6.45) is 0.218. The van der Waals surface area contributed by atoms with Gasteiger partial charge in [-0.15, -0.1) is 0 Å². The van der Waals surface area contributed by atoms with Crippen LogP contribution in [0.4, 0.5) is 0 Å². The van der Waals surface area contributed by atoms with Crippen molar-refractivity contribution in [1.29, 1.82) is 0 Å². The van der Waals surface area contributed by atoms with E-state index < -0.39 is 0 Å². The van der Waals surface area contributed by atoms with Crippen LogP contribution in [0.2, 0.25) is 0 Å². The molecule has 11 heavy (non-hydrogen) atoms. The summed E-state index contributed by atoms with van der Waals surface area (Å²) in [5.74, 6) is -0.348. The van der Waals surface area contributed by atoms with Gasteiger partial charge in [-0.2, -0.15) is 5.10 Å². The lowest BCUT2D eigenvalue weighted by molar-refractivity contribution is -0.117. The number of aryl methyl sites for hydroxylation is 1. The topological polar surface area (TPSA) is 71.8 Å². The third kappa shape index (κ3) is 1.58. The van der Waals surface area contributed by atoms with Crippen LogP contribution in [-0.4, -0.2) is 16.1 Å². The monoisotopic (exact) mass is 153 g/mol. The van der Waals surface area contributed by atoms with Gasteiger partial charge in [-0.3, -0.25) is 9.89 Å². The van der Waals surface area contributed by atoms with E-state index in [1.807, 2.05) is 13.8 Å². The number of nitrogens with zero attached hydrogens (tertiary/aromatic N) is 1. The summed E-state index contributed by atoms with van der Waals surface area (Å²) in [5.41, 5.74) is 7.76. The Morgan fingerprint density at radius 1 is 1.64 bits per heavy atom. The molecule has 4 nitrogen and oxygen atoms in total. The molecule has 0 aliphatic carbocycles. The van der Waals surface area contributed by atoms with Crippen molar-refractivity contribution in [3.05, 3.63) is 17.0 Å². The van der Waals surface area contributed by atoms with E-state index in [2.05, 4.69) is 10.2 Å². The summed E-state index contributed by atoms with van der Waals surface area (Å²) in [6.45, 7) is 3.82. The van der Waals surface area contributed by atoms with Crippen LogP contribution in [-0.2, 0) is 11.2 Å². The van der Waals surface area contributed by atoms with Crippen LogP contribution in [0.1, 0.15) is 17.0 Å². The van der Waals surface area contributed by atoms with Gasteiger partial charge in [-0.05, 0) is 19.4 Å². The third-order valence-corrected chi connectivity index (χ3v) is 1.70. The Bertz CT molecular complexity index is 277. The largest absolute Gasteiger partial charge is 0.369 e. The fourth-order valence-electron chi connectivity index (χ4n) is 0.873. The van der Waals surface area contributed by atoms with Gasteiger partial charge in [0.05, 0.1) is 12.1 Å². The second-order valence-electron chi connectivity index (χ2n) is 2.56. The lowest BCUT2D eigenvalue weighted by Gasteiger charge is -1.92. The number of carbonyl (C=O) groups excluding carboxylic acids is 1. The minimum absolute atomic E-state index is 0.218. The van der Waals surface area contributed by atoms with E-state index in [-0.39, 0.29) is 12.3 Å². The molecular formula is C7H11N3O. The van der Waals surface area contributed by atoms with Crippen LogP contribution in [0, 0.1) is 13.8 Å². The van der Waals surface area contributed by atoms with Crippen molar-refractivity contribution in [3.63, 3.8) is 0 Å². The van der Waals surface area contributed by atoms with Gasteiger partial charge < -0.3 is 5.73 Å². The molecule has 60 valence electrons. The summed E-state index contributed by atoms with van der Waals surface area (Å²) < 4.78 is 0. The van der Waals surface area contributed by atoms with Crippen molar-refractivity contribution < 1.29 is 4.79 Å². The molecule has 0 spiro atoms. The van der Waals surface area contributed by atoms with Crippen molar-refractivity contribution >= 4 is 5.91 Å². The first-order valence-electron chi connectivity index (χ1n) is 3.40. The Balaban J connectivity index is 2.87. The first kappa shape index (κ1) is 7.78. The van der Waals surface area contributed by atoms with E-state index in [1.54, 1.807) is 0 Å². The molecule has 0 unspecified atom stereocenters. The number of aromatic nitrogens is 2. The quantitative estimate of drug-likeness (QED) is 0.630. The number of primary amides is 1. The predicted octanol–water partition coefficient (Wildman–Crippen LogP) is 0.0543. The Hall–Kier alpha value is -1.32. The minimum atomic E-state index is -0.348. The number of hydrogen-bond donors (Lipinski definition) is 2. The second-order valence-corrected chi connectivity index (χ2v) is 2.56. The van der Waals surface area contributed by atoms with Gasteiger partial charge in [-0.1, -0.05) is 0 Å². The number of amides is 1. The third-order valence-electron chi connectivity index (χ3n) is 1.70. The maximum Gasteiger partial charge on any atom is 0.223 e. The molecule has 1 amide bonds. The maximum absolute atomic E-state index is 10.5. The highest BCUT2D eigenvalue weighted by molar-refractivity contribution is 5.76. The lowest BCUT2D eigenvalue weighted by atomic mass is 10.2. The number of H-pyrrole nitrogens is 1. The van der Waals surface area contributed by atoms with Gasteiger partial charge in [0.2, 0.25) is 5.91 Å². The van der Waals surface area contributed by atoms with Gasteiger partial charge in [-0.25, -0.2) is 0 Å². The van der Waals surface area contributed by atoms with Crippen LogP contribution in [0.25, 0.3) is 0 Å². The minimum Gasteiger partial charge on any atom is -0.369 e. The predicted molar refractivity (Wildman–Crippen MR) is 41.0 cm³/mol. The molecule has 0 saturated heterocycles. The summed E-state index contributed by atoms with van der Waals surface area (Å²) in [6, 6.07) is 0. The average molecular weight is 153 g/mol. The molecule has 1 aromatic heterocycles. The maximum atomic E-state index is 10.5. The van der Waals surface area contributed by atoms with E-state index in [4.69, 9.17) is 5.73 Å². The number of aromatic amines is 1. The number of nitrogens with one attached hydrogen (secondary N) is 1. The summed E-state index contributed by atoms with van der Waals surface area (Å²) in [4.78, 5) is 10.5. The highest BCUT2D eigenvalue weighted by Crippen LogP contribution is 2.07. The fourth-order valence-corrected chi connectivity index (χ4v) is 0.873. The molecule has 1 aromatic rings. The van der Waals surface area contributed by atoms with Gasteiger partial charge >= 0.3 is 0 Å². The van der Waals surface area contributed by atoms with Crippen molar-refractivity contribution in [2.24, 2.45) is 5.73 Å². The zero-order valence-corrected chi connectivity index (χ0v) is 6.64. The Morgan fingerprint density at radius 2 is 2.27 bits per heavy atom. The first-order chi connectivity index (χ1) is 5.11. The average Bonchev–Trinajstić information content (AvgIpc) is 2.18. The number of nitrogens with two attached hydrogens (primary N) is 1. The highest BCUT2D eigenvalue weighted by atomic mass is 16.1. The van der Waals surface area contributed by atoms with Crippen LogP contribution in [0.3, 0.4) is 0 Å². The Morgan fingerprint density at radius 3 is 2.64 bits per heavy atom. The molecule has 0 aliphatic heterocycles. The first-order valence-corrected chi connectivity index (χ1v) is 3.40.